The Morgan fingerprint density at radius 1 is 1.15 bits per heavy atom. The minimum absolute atomic E-state index is 0.144. The van der Waals surface area contributed by atoms with Gasteiger partial charge in [0.15, 0.2) is 0 Å². The van der Waals surface area contributed by atoms with Gasteiger partial charge >= 0.3 is 0 Å². The Morgan fingerprint density at radius 3 is 2.44 bits per heavy atom. The van der Waals surface area contributed by atoms with E-state index in [9.17, 15) is 18.4 Å². The third-order valence-electron chi connectivity index (χ3n) is 3.77. The molecule has 27 heavy (non-hydrogen) atoms. The summed E-state index contributed by atoms with van der Waals surface area (Å²) in [6.45, 7) is 0. The molecule has 8 heteroatoms. The van der Waals surface area contributed by atoms with Crippen molar-refractivity contribution in [3.05, 3.63) is 59.7 Å². The van der Waals surface area contributed by atoms with Crippen LogP contribution in [0.25, 0.3) is 0 Å². The first-order chi connectivity index (χ1) is 12.9. The fourth-order valence-corrected chi connectivity index (χ4v) is 2.77. The van der Waals surface area contributed by atoms with Crippen LogP contribution in [0.1, 0.15) is 16.8 Å². The molecule has 2 aromatic rings. The molecule has 0 aliphatic rings. The van der Waals surface area contributed by atoms with Crippen LogP contribution in [0, 0.1) is 11.6 Å². The number of hydrogen-bond donors (Lipinski definition) is 2. The van der Waals surface area contributed by atoms with Crippen molar-refractivity contribution in [2.45, 2.75) is 12.5 Å². The van der Waals surface area contributed by atoms with E-state index in [2.05, 4.69) is 10.6 Å². The van der Waals surface area contributed by atoms with Crippen LogP contribution in [0.2, 0.25) is 0 Å². The predicted molar refractivity (Wildman–Crippen MR) is 102 cm³/mol. The summed E-state index contributed by atoms with van der Waals surface area (Å²) >= 11 is 1.52. The fourth-order valence-electron chi connectivity index (χ4n) is 2.30. The summed E-state index contributed by atoms with van der Waals surface area (Å²) < 4.78 is 31.8. The number of rotatable bonds is 8. The summed E-state index contributed by atoms with van der Waals surface area (Å²) in [5.74, 6) is -1.40. The van der Waals surface area contributed by atoms with Crippen LogP contribution in [0.15, 0.2) is 42.5 Å². The Labute approximate surface area is 160 Å². The number of thioether (sulfide) groups is 1. The molecule has 0 fully saturated rings. The lowest BCUT2D eigenvalue weighted by molar-refractivity contribution is -0.118. The molecular weight excluding hydrogens is 374 g/mol. The maximum Gasteiger partial charge on any atom is 0.251 e. The van der Waals surface area contributed by atoms with Crippen LogP contribution in [-0.2, 0) is 4.79 Å². The zero-order valence-corrected chi connectivity index (χ0v) is 15.7. The molecule has 144 valence electrons. The average Bonchev–Trinajstić information content (AvgIpc) is 2.67. The molecule has 0 bridgehead atoms. The van der Waals surface area contributed by atoms with Crippen molar-refractivity contribution in [2.75, 3.05) is 24.4 Å². The summed E-state index contributed by atoms with van der Waals surface area (Å²) in [6, 6.07) is 8.44. The fraction of sp³-hybridized carbons (Fsp3) is 0.263. The molecule has 0 aliphatic heterocycles. The number of amides is 2. The topological polar surface area (TPSA) is 67.4 Å². The molecule has 1 atom stereocenters. The van der Waals surface area contributed by atoms with Gasteiger partial charge in [-0.1, -0.05) is 0 Å². The third-order valence-corrected chi connectivity index (χ3v) is 4.42. The standard InChI is InChI=1S/C19H20F2N2O3S/c1-26-14-6-3-12(4-7-14)18(24)23-17(9-10-27-2)19(25)22-16-8-5-13(20)11-15(16)21/h3-8,11,17H,9-10H2,1-2H3,(H,22,25)(H,23,24)/t17-/m1/s1. The highest BCUT2D eigenvalue weighted by Crippen LogP contribution is 2.16. The summed E-state index contributed by atoms with van der Waals surface area (Å²) in [7, 11) is 1.52. The van der Waals surface area contributed by atoms with E-state index in [0.29, 0.717) is 29.6 Å². The molecule has 0 saturated carbocycles. The lowest BCUT2D eigenvalue weighted by Crippen LogP contribution is -2.44. The van der Waals surface area contributed by atoms with Crippen molar-refractivity contribution in [2.24, 2.45) is 0 Å². The number of carbonyl (C=O) groups excluding carboxylic acids is 2. The Kier molecular flexibility index (Phi) is 7.60. The number of anilines is 1. The van der Waals surface area contributed by atoms with Gasteiger partial charge in [0.05, 0.1) is 12.8 Å². The molecule has 0 aliphatic carbocycles. The van der Waals surface area contributed by atoms with E-state index < -0.39 is 29.5 Å². The summed E-state index contributed by atoms with van der Waals surface area (Å²) in [5, 5.41) is 5.05. The van der Waals surface area contributed by atoms with E-state index in [1.54, 1.807) is 24.3 Å². The van der Waals surface area contributed by atoms with Crippen molar-refractivity contribution in [3.63, 3.8) is 0 Å². The first kappa shape index (κ1) is 20.7. The van der Waals surface area contributed by atoms with Crippen molar-refractivity contribution in [3.8, 4) is 5.75 Å². The van der Waals surface area contributed by atoms with Crippen molar-refractivity contribution >= 4 is 29.3 Å². The van der Waals surface area contributed by atoms with E-state index in [0.717, 1.165) is 12.1 Å². The number of ether oxygens (including phenoxy) is 1. The highest BCUT2D eigenvalue weighted by atomic mass is 32.2. The summed E-state index contributed by atoms with van der Waals surface area (Å²) in [5.41, 5.74) is 0.222. The SMILES string of the molecule is COc1ccc(C(=O)N[C@H](CCSC)C(=O)Nc2ccc(F)cc2F)cc1. The lowest BCUT2D eigenvalue weighted by atomic mass is 10.1. The van der Waals surface area contributed by atoms with Gasteiger partial charge in [0.25, 0.3) is 5.91 Å². The van der Waals surface area contributed by atoms with Crippen LogP contribution in [0.4, 0.5) is 14.5 Å². The van der Waals surface area contributed by atoms with Crippen molar-refractivity contribution < 1.29 is 23.1 Å². The zero-order valence-electron chi connectivity index (χ0n) is 14.9. The number of halogens is 2. The maximum absolute atomic E-state index is 13.8. The van der Waals surface area contributed by atoms with Crippen molar-refractivity contribution in [1.82, 2.24) is 5.32 Å². The second kappa shape index (κ2) is 9.91. The van der Waals surface area contributed by atoms with Crippen LogP contribution < -0.4 is 15.4 Å². The Morgan fingerprint density at radius 2 is 1.85 bits per heavy atom. The molecule has 2 rings (SSSR count). The molecule has 2 N–H and O–H groups in total. The van der Waals surface area contributed by atoms with Gasteiger partial charge in [0, 0.05) is 11.6 Å². The molecule has 2 amide bonds. The van der Waals surface area contributed by atoms with E-state index in [4.69, 9.17) is 4.74 Å². The van der Waals surface area contributed by atoms with Gasteiger partial charge in [-0.3, -0.25) is 9.59 Å². The smallest absolute Gasteiger partial charge is 0.251 e. The molecule has 0 heterocycles. The van der Waals surface area contributed by atoms with E-state index in [-0.39, 0.29) is 5.69 Å². The second-order valence-electron chi connectivity index (χ2n) is 5.65. The van der Waals surface area contributed by atoms with Gasteiger partial charge in [-0.15, -0.1) is 0 Å². The minimum Gasteiger partial charge on any atom is -0.497 e. The first-order valence-electron chi connectivity index (χ1n) is 8.14. The predicted octanol–water partition coefficient (Wildman–Crippen LogP) is 3.46. The molecule has 0 unspecified atom stereocenters. The Bertz CT molecular complexity index is 800. The van der Waals surface area contributed by atoms with E-state index in [1.165, 1.54) is 18.9 Å². The van der Waals surface area contributed by atoms with Gasteiger partial charge in [0.2, 0.25) is 5.91 Å². The highest BCUT2D eigenvalue weighted by molar-refractivity contribution is 7.98. The zero-order chi connectivity index (χ0) is 19.8. The third kappa shape index (κ3) is 5.96. The van der Waals surface area contributed by atoms with Crippen LogP contribution in [0.3, 0.4) is 0 Å². The van der Waals surface area contributed by atoms with Gasteiger partial charge in [0.1, 0.15) is 23.4 Å². The van der Waals surface area contributed by atoms with E-state index in [1.807, 2.05) is 6.26 Å². The monoisotopic (exact) mass is 394 g/mol. The molecule has 0 saturated heterocycles. The van der Waals surface area contributed by atoms with Crippen LogP contribution >= 0.6 is 11.8 Å². The van der Waals surface area contributed by atoms with Crippen LogP contribution in [0.5, 0.6) is 5.75 Å². The maximum atomic E-state index is 13.8. The van der Waals surface area contributed by atoms with Gasteiger partial charge in [-0.2, -0.15) is 11.8 Å². The molecule has 0 aromatic heterocycles. The minimum atomic E-state index is -0.881. The largest absolute Gasteiger partial charge is 0.497 e. The molecular formula is C19H20F2N2O3S. The van der Waals surface area contributed by atoms with Crippen molar-refractivity contribution in [1.29, 1.82) is 0 Å². The highest BCUT2D eigenvalue weighted by Gasteiger charge is 2.22. The Hall–Kier alpha value is -2.61. The number of hydrogen-bond acceptors (Lipinski definition) is 4. The number of methoxy groups -OCH3 is 1. The lowest BCUT2D eigenvalue weighted by Gasteiger charge is -2.18. The van der Waals surface area contributed by atoms with Gasteiger partial charge in [-0.05, 0) is 54.8 Å². The quantitative estimate of drug-likeness (QED) is 0.720. The Balaban J connectivity index is 2.10. The first-order valence-corrected chi connectivity index (χ1v) is 9.53. The number of nitrogens with one attached hydrogen (secondary N) is 2. The molecule has 0 radical (unpaired) electrons. The molecule has 0 spiro atoms. The normalized spacial score (nSPS) is 11.6. The summed E-state index contributed by atoms with van der Waals surface area (Å²) in [4.78, 5) is 24.9. The van der Waals surface area contributed by atoms with Gasteiger partial charge < -0.3 is 15.4 Å². The van der Waals surface area contributed by atoms with Crippen LogP contribution in [-0.4, -0.2) is 37.0 Å². The number of benzene rings is 2. The van der Waals surface area contributed by atoms with Gasteiger partial charge in [-0.25, -0.2) is 8.78 Å². The van der Waals surface area contributed by atoms with E-state index >= 15 is 0 Å². The molecule has 5 nitrogen and oxygen atoms in total. The molecule has 2 aromatic carbocycles. The number of carbonyl (C=O) groups is 2. The summed E-state index contributed by atoms with van der Waals surface area (Å²) in [6.07, 6.45) is 2.23. The average molecular weight is 394 g/mol. The second-order valence-corrected chi connectivity index (χ2v) is 6.64.